The molecular formula is C16H20FN3O. The molecule has 1 heterocycles. The van der Waals surface area contributed by atoms with Gasteiger partial charge in [0, 0.05) is 37.1 Å². The van der Waals surface area contributed by atoms with E-state index in [0.29, 0.717) is 31.2 Å². The van der Waals surface area contributed by atoms with Crippen LogP contribution in [-0.2, 0) is 13.1 Å². The molecule has 2 aromatic rings. The van der Waals surface area contributed by atoms with Gasteiger partial charge in [-0.15, -0.1) is 0 Å². The predicted octanol–water partition coefficient (Wildman–Crippen LogP) is 2.05. The molecule has 0 aliphatic heterocycles. The molecule has 1 aliphatic rings. The van der Waals surface area contributed by atoms with Gasteiger partial charge < -0.3 is 5.11 Å². The van der Waals surface area contributed by atoms with E-state index in [9.17, 15) is 9.50 Å². The number of rotatable bonds is 7. The quantitative estimate of drug-likeness (QED) is 0.848. The second-order valence-corrected chi connectivity index (χ2v) is 5.63. The molecule has 1 N–H and O–H groups in total. The Morgan fingerprint density at radius 3 is 2.81 bits per heavy atom. The summed E-state index contributed by atoms with van der Waals surface area (Å²) in [6.07, 6.45) is 5.29. The van der Waals surface area contributed by atoms with Gasteiger partial charge in [0.05, 0.1) is 12.6 Å². The van der Waals surface area contributed by atoms with Crippen LogP contribution in [0.15, 0.2) is 42.7 Å². The molecule has 4 nitrogen and oxygen atoms in total. The van der Waals surface area contributed by atoms with E-state index < -0.39 is 6.10 Å². The maximum Gasteiger partial charge on any atom is 0.127 e. The van der Waals surface area contributed by atoms with Crippen LogP contribution in [0.4, 0.5) is 4.39 Å². The third kappa shape index (κ3) is 3.89. The summed E-state index contributed by atoms with van der Waals surface area (Å²) in [6.45, 7) is 1.56. The summed E-state index contributed by atoms with van der Waals surface area (Å²) in [5, 5.41) is 14.3. The zero-order valence-electron chi connectivity index (χ0n) is 11.9. The molecule has 3 rings (SSSR count). The van der Waals surface area contributed by atoms with Crippen LogP contribution in [0.1, 0.15) is 18.4 Å². The van der Waals surface area contributed by atoms with Crippen molar-refractivity contribution < 1.29 is 9.50 Å². The van der Waals surface area contributed by atoms with Crippen molar-refractivity contribution in [2.45, 2.75) is 38.1 Å². The fourth-order valence-corrected chi connectivity index (χ4v) is 2.58. The van der Waals surface area contributed by atoms with E-state index in [1.807, 2.05) is 24.4 Å². The number of aromatic nitrogens is 2. The van der Waals surface area contributed by atoms with Crippen LogP contribution in [0.3, 0.4) is 0 Å². The lowest BCUT2D eigenvalue weighted by Crippen LogP contribution is -2.36. The van der Waals surface area contributed by atoms with Crippen molar-refractivity contribution in [3.63, 3.8) is 0 Å². The molecule has 21 heavy (non-hydrogen) atoms. The molecule has 0 spiro atoms. The molecule has 1 atom stereocenters. The molecule has 0 radical (unpaired) electrons. The molecule has 1 saturated carbocycles. The third-order valence-corrected chi connectivity index (χ3v) is 3.80. The van der Waals surface area contributed by atoms with Gasteiger partial charge in [-0.05, 0) is 25.0 Å². The Morgan fingerprint density at radius 2 is 2.14 bits per heavy atom. The molecule has 1 aromatic carbocycles. The Morgan fingerprint density at radius 1 is 1.33 bits per heavy atom. The van der Waals surface area contributed by atoms with Crippen molar-refractivity contribution in [3.8, 4) is 0 Å². The largest absolute Gasteiger partial charge is 0.390 e. The number of nitrogens with zero attached hydrogens (tertiary/aromatic N) is 3. The molecule has 1 aliphatic carbocycles. The van der Waals surface area contributed by atoms with Gasteiger partial charge >= 0.3 is 0 Å². The average molecular weight is 289 g/mol. The molecule has 112 valence electrons. The predicted molar refractivity (Wildman–Crippen MR) is 78.1 cm³/mol. The number of benzene rings is 1. The van der Waals surface area contributed by atoms with Gasteiger partial charge in [-0.3, -0.25) is 9.58 Å². The first kappa shape index (κ1) is 14.2. The second-order valence-electron chi connectivity index (χ2n) is 5.63. The first-order valence-corrected chi connectivity index (χ1v) is 7.35. The molecule has 0 unspecified atom stereocenters. The average Bonchev–Trinajstić information content (AvgIpc) is 3.19. The number of halogens is 1. The van der Waals surface area contributed by atoms with Crippen LogP contribution in [0.5, 0.6) is 0 Å². The summed E-state index contributed by atoms with van der Waals surface area (Å²) in [7, 11) is 0. The van der Waals surface area contributed by atoms with Gasteiger partial charge in [-0.2, -0.15) is 5.10 Å². The van der Waals surface area contributed by atoms with E-state index in [1.165, 1.54) is 6.07 Å². The summed E-state index contributed by atoms with van der Waals surface area (Å²) < 4.78 is 15.5. The second kappa shape index (κ2) is 6.37. The van der Waals surface area contributed by atoms with Gasteiger partial charge in [0.2, 0.25) is 0 Å². The van der Waals surface area contributed by atoms with Crippen LogP contribution < -0.4 is 0 Å². The highest BCUT2D eigenvalue weighted by molar-refractivity contribution is 5.17. The van der Waals surface area contributed by atoms with Crippen molar-refractivity contribution >= 4 is 0 Å². The van der Waals surface area contributed by atoms with E-state index >= 15 is 0 Å². The normalized spacial score (nSPS) is 16.3. The van der Waals surface area contributed by atoms with Gasteiger partial charge in [-0.1, -0.05) is 18.2 Å². The fourth-order valence-electron chi connectivity index (χ4n) is 2.58. The van der Waals surface area contributed by atoms with Gasteiger partial charge in [0.25, 0.3) is 0 Å². The van der Waals surface area contributed by atoms with Crippen LogP contribution in [-0.4, -0.2) is 38.5 Å². The molecule has 0 saturated heterocycles. The Bertz CT molecular complexity index is 569. The van der Waals surface area contributed by atoms with Crippen molar-refractivity contribution in [2.24, 2.45) is 0 Å². The van der Waals surface area contributed by atoms with Gasteiger partial charge in [0.1, 0.15) is 5.82 Å². The summed E-state index contributed by atoms with van der Waals surface area (Å²) in [4.78, 5) is 2.17. The van der Waals surface area contributed by atoms with Gasteiger partial charge in [0.15, 0.2) is 0 Å². The minimum absolute atomic E-state index is 0.176. The van der Waals surface area contributed by atoms with Crippen molar-refractivity contribution in [2.75, 3.05) is 6.54 Å². The fraction of sp³-hybridized carbons (Fsp3) is 0.438. The molecule has 5 heteroatoms. The first-order chi connectivity index (χ1) is 10.2. The van der Waals surface area contributed by atoms with E-state index in [0.717, 1.165) is 12.8 Å². The maximum atomic E-state index is 13.8. The number of aliphatic hydroxyl groups excluding tert-OH is 1. The van der Waals surface area contributed by atoms with Gasteiger partial charge in [-0.25, -0.2) is 4.39 Å². The van der Waals surface area contributed by atoms with Crippen LogP contribution >= 0.6 is 0 Å². The standard InChI is InChI=1S/C16H20FN3O/c17-16-5-2-1-4-13(16)10-19(14-6-7-14)11-15(21)12-20-9-3-8-18-20/h1-5,8-9,14-15,21H,6-7,10-12H2/t15-/m1/s1. The molecular weight excluding hydrogens is 269 g/mol. The maximum absolute atomic E-state index is 13.8. The number of hydrogen-bond acceptors (Lipinski definition) is 3. The van der Waals surface area contributed by atoms with Crippen LogP contribution in [0, 0.1) is 5.82 Å². The summed E-state index contributed by atoms with van der Waals surface area (Å²) in [5.74, 6) is -0.176. The molecule has 0 amide bonds. The highest BCUT2D eigenvalue weighted by Crippen LogP contribution is 2.29. The lowest BCUT2D eigenvalue weighted by atomic mass is 10.2. The lowest BCUT2D eigenvalue weighted by molar-refractivity contribution is 0.0870. The number of aliphatic hydroxyl groups is 1. The van der Waals surface area contributed by atoms with Crippen molar-refractivity contribution in [1.82, 2.24) is 14.7 Å². The molecule has 0 bridgehead atoms. The van der Waals surface area contributed by atoms with Crippen molar-refractivity contribution in [3.05, 3.63) is 54.1 Å². The smallest absolute Gasteiger partial charge is 0.127 e. The van der Waals surface area contributed by atoms with Crippen LogP contribution in [0.25, 0.3) is 0 Å². The Kier molecular flexibility index (Phi) is 4.31. The summed E-state index contributed by atoms with van der Waals surface area (Å²) in [6, 6.07) is 9.16. The minimum Gasteiger partial charge on any atom is -0.390 e. The zero-order chi connectivity index (χ0) is 14.7. The van der Waals surface area contributed by atoms with E-state index in [2.05, 4.69) is 10.00 Å². The minimum atomic E-state index is -0.503. The summed E-state index contributed by atoms with van der Waals surface area (Å²) in [5.41, 5.74) is 0.690. The van der Waals surface area contributed by atoms with E-state index in [4.69, 9.17) is 0 Å². The Balaban J connectivity index is 1.61. The molecule has 1 fully saturated rings. The Hall–Kier alpha value is -1.72. The summed E-state index contributed by atoms with van der Waals surface area (Å²) >= 11 is 0. The monoisotopic (exact) mass is 289 g/mol. The van der Waals surface area contributed by atoms with E-state index in [1.54, 1.807) is 16.9 Å². The third-order valence-electron chi connectivity index (χ3n) is 3.80. The first-order valence-electron chi connectivity index (χ1n) is 7.35. The SMILES string of the molecule is O[C@H](CN(Cc1ccccc1F)C1CC1)Cn1cccn1. The van der Waals surface area contributed by atoms with E-state index in [-0.39, 0.29) is 5.82 Å². The number of hydrogen-bond donors (Lipinski definition) is 1. The highest BCUT2D eigenvalue weighted by atomic mass is 19.1. The topological polar surface area (TPSA) is 41.3 Å². The molecule has 1 aromatic heterocycles. The Labute approximate surface area is 123 Å². The van der Waals surface area contributed by atoms with Crippen LogP contribution in [0.2, 0.25) is 0 Å². The zero-order valence-corrected chi connectivity index (χ0v) is 11.9. The van der Waals surface area contributed by atoms with Crippen molar-refractivity contribution in [1.29, 1.82) is 0 Å². The highest BCUT2D eigenvalue weighted by Gasteiger charge is 2.30. The lowest BCUT2D eigenvalue weighted by Gasteiger charge is -2.25.